The number of benzene rings is 1. The second kappa shape index (κ2) is 5.25. The van der Waals surface area contributed by atoms with Gasteiger partial charge in [-0.05, 0) is 12.0 Å². The lowest BCUT2D eigenvalue weighted by molar-refractivity contribution is -0.183. The average Bonchev–Trinajstić information content (AvgIpc) is 2.39. The molecule has 2 rings (SSSR count). The van der Waals surface area contributed by atoms with Gasteiger partial charge in [0.1, 0.15) is 0 Å². The maximum atomic E-state index is 9.81. The Labute approximate surface area is 95.3 Å². The zero-order chi connectivity index (χ0) is 11.4. The van der Waals surface area contributed by atoms with E-state index in [2.05, 4.69) is 6.58 Å². The summed E-state index contributed by atoms with van der Waals surface area (Å²) in [5.74, 6) is 0. The Bertz CT molecular complexity index is 356. The number of aliphatic hydroxyl groups is 1. The number of aliphatic hydroxyl groups excluding tert-OH is 1. The third-order valence-corrected chi connectivity index (χ3v) is 2.62. The second-order valence-corrected chi connectivity index (χ2v) is 3.74. The molecule has 0 amide bonds. The van der Waals surface area contributed by atoms with E-state index >= 15 is 0 Å². The quantitative estimate of drug-likeness (QED) is 0.795. The van der Waals surface area contributed by atoms with Crippen molar-refractivity contribution in [2.24, 2.45) is 0 Å². The summed E-state index contributed by atoms with van der Waals surface area (Å²) in [6.45, 7) is 4.99. The lowest BCUT2D eigenvalue weighted by Crippen LogP contribution is -2.19. The first-order chi connectivity index (χ1) is 7.83. The molecule has 0 spiro atoms. The van der Waals surface area contributed by atoms with E-state index in [1.165, 1.54) is 6.08 Å². The molecule has 1 aromatic rings. The number of hydrogen-bond donors (Lipinski definition) is 1. The van der Waals surface area contributed by atoms with E-state index in [-0.39, 0.29) is 6.29 Å². The Kier molecular flexibility index (Phi) is 3.72. The topological polar surface area (TPSA) is 38.7 Å². The van der Waals surface area contributed by atoms with Crippen molar-refractivity contribution >= 4 is 0 Å². The van der Waals surface area contributed by atoms with Gasteiger partial charge in [0.15, 0.2) is 6.29 Å². The van der Waals surface area contributed by atoms with E-state index in [9.17, 15) is 5.11 Å². The van der Waals surface area contributed by atoms with Crippen LogP contribution < -0.4 is 0 Å². The summed E-state index contributed by atoms with van der Waals surface area (Å²) < 4.78 is 11.1. The molecule has 3 nitrogen and oxygen atoms in total. The van der Waals surface area contributed by atoms with Gasteiger partial charge in [-0.1, -0.05) is 30.3 Å². The molecule has 3 heteroatoms. The van der Waals surface area contributed by atoms with Gasteiger partial charge in [0, 0.05) is 5.56 Å². The van der Waals surface area contributed by atoms with Crippen molar-refractivity contribution in [1.29, 1.82) is 0 Å². The molecular formula is C13H16O3. The van der Waals surface area contributed by atoms with Crippen LogP contribution in [-0.4, -0.2) is 18.3 Å². The van der Waals surface area contributed by atoms with Crippen LogP contribution in [0.2, 0.25) is 0 Å². The van der Waals surface area contributed by atoms with Crippen molar-refractivity contribution < 1.29 is 14.6 Å². The second-order valence-electron chi connectivity index (χ2n) is 3.74. The number of hydrogen-bond acceptors (Lipinski definition) is 3. The van der Waals surface area contributed by atoms with Gasteiger partial charge < -0.3 is 14.6 Å². The van der Waals surface area contributed by atoms with Crippen molar-refractivity contribution in [3.05, 3.63) is 48.0 Å². The standard InChI is InChI=1S/C13H16O3/c1-2-12(14)10-6-3-4-7-11(10)13-15-8-5-9-16-13/h2-4,6-7,12-14H,1,5,8-9H2. The average molecular weight is 220 g/mol. The molecule has 1 unspecified atom stereocenters. The van der Waals surface area contributed by atoms with Crippen LogP contribution in [0.15, 0.2) is 36.9 Å². The maximum Gasteiger partial charge on any atom is 0.184 e. The predicted molar refractivity (Wildman–Crippen MR) is 60.9 cm³/mol. The van der Waals surface area contributed by atoms with Gasteiger partial charge in [0.2, 0.25) is 0 Å². The summed E-state index contributed by atoms with van der Waals surface area (Å²) in [4.78, 5) is 0. The maximum absolute atomic E-state index is 9.81. The zero-order valence-electron chi connectivity index (χ0n) is 9.13. The van der Waals surface area contributed by atoms with Crippen molar-refractivity contribution in [3.63, 3.8) is 0 Å². The van der Waals surface area contributed by atoms with E-state index in [0.29, 0.717) is 13.2 Å². The van der Waals surface area contributed by atoms with Crippen LogP contribution in [0, 0.1) is 0 Å². The molecule has 1 atom stereocenters. The molecule has 0 saturated carbocycles. The third-order valence-electron chi connectivity index (χ3n) is 2.62. The molecular weight excluding hydrogens is 204 g/mol. The zero-order valence-corrected chi connectivity index (χ0v) is 9.13. The molecule has 0 aromatic heterocycles. The van der Waals surface area contributed by atoms with Crippen LogP contribution in [0.3, 0.4) is 0 Å². The number of ether oxygens (including phenoxy) is 2. The Morgan fingerprint density at radius 2 is 2.00 bits per heavy atom. The molecule has 86 valence electrons. The molecule has 1 aliphatic rings. The van der Waals surface area contributed by atoms with Crippen LogP contribution in [0.4, 0.5) is 0 Å². The number of rotatable bonds is 3. The fourth-order valence-electron chi connectivity index (χ4n) is 1.79. The SMILES string of the molecule is C=CC(O)c1ccccc1C1OCCCO1. The Hall–Kier alpha value is -1.16. The molecule has 1 heterocycles. The van der Waals surface area contributed by atoms with Crippen molar-refractivity contribution in [1.82, 2.24) is 0 Å². The predicted octanol–water partition coefficient (Wildman–Crippen LogP) is 2.34. The van der Waals surface area contributed by atoms with Crippen LogP contribution in [-0.2, 0) is 9.47 Å². The minimum Gasteiger partial charge on any atom is -0.384 e. The summed E-state index contributed by atoms with van der Waals surface area (Å²) >= 11 is 0. The first kappa shape index (κ1) is 11.3. The first-order valence-corrected chi connectivity index (χ1v) is 5.45. The highest BCUT2D eigenvalue weighted by Gasteiger charge is 2.21. The minimum atomic E-state index is -0.676. The Morgan fingerprint density at radius 1 is 1.31 bits per heavy atom. The lowest BCUT2D eigenvalue weighted by atomic mass is 10.0. The molecule has 0 radical (unpaired) electrons. The summed E-state index contributed by atoms with van der Waals surface area (Å²) in [5, 5.41) is 9.81. The van der Waals surface area contributed by atoms with Gasteiger partial charge in [0.25, 0.3) is 0 Å². The molecule has 16 heavy (non-hydrogen) atoms. The van der Waals surface area contributed by atoms with Gasteiger partial charge in [0.05, 0.1) is 19.3 Å². The molecule has 1 aromatic carbocycles. The highest BCUT2D eigenvalue weighted by atomic mass is 16.7. The highest BCUT2D eigenvalue weighted by Crippen LogP contribution is 2.29. The fraction of sp³-hybridized carbons (Fsp3) is 0.385. The molecule has 1 aliphatic heterocycles. The minimum absolute atomic E-state index is 0.362. The molecule has 0 aliphatic carbocycles. The van der Waals surface area contributed by atoms with Gasteiger partial charge in [-0.3, -0.25) is 0 Å². The van der Waals surface area contributed by atoms with Gasteiger partial charge >= 0.3 is 0 Å². The van der Waals surface area contributed by atoms with Crippen LogP contribution in [0.25, 0.3) is 0 Å². The Morgan fingerprint density at radius 3 is 2.69 bits per heavy atom. The molecule has 1 saturated heterocycles. The largest absolute Gasteiger partial charge is 0.384 e. The van der Waals surface area contributed by atoms with Gasteiger partial charge in [-0.15, -0.1) is 6.58 Å². The van der Waals surface area contributed by atoms with E-state index in [0.717, 1.165) is 17.5 Å². The van der Waals surface area contributed by atoms with Gasteiger partial charge in [-0.2, -0.15) is 0 Å². The third kappa shape index (κ3) is 2.32. The fourth-order valence-corrected chi connectivity index (χ4v) is 1.79. The monoisotopic (exact) mass is 220 g/mol. The van der Waals surface area contributed by atoms with Crippen molar-refractivity contribution in [3.8, 4) is 0 Å². The van der Waals surface area contributed by atoms with E-state index < -0.39 is 6.10 Å². The smallest absolute Gasteiger partial charge is 0.184 e. The van der Waals surface area contributed by atoms with Crippen LogP contribution in [0.1, 0.15) is 29.9 Å². The molecule has 0 bridgehead atoms. The normalized spacial score (nSPS) is 19.3. The summed E-state index contributed by atoms with van der Waals surface area (Å²) in [6.07, 6.45) is 1.38. The van der Waals surface area contributed by atoms with E-state index in [4.69, 9.17) is 9.47 Å². The Balaban J connectivity index is 2.27. The first-order valence-electron chi connectivity index (χ1n) is 5.45. The molecule has 1 fully saturated rings. The van der Waals surface area contributed by atoms with E-state index in [1.807, 2.05) is 24.3 Å². The lowest BCUT2D eigenvalue weighted by Gasteiger charge is -2.26. The highest BCUT2D eigenvalue weighted by molar-refractivity contribution is 5.32. The van der Waals surface area contributed by atoms with Crippen LogP contribution in [0.5, 0.6) is 0 Å². The van der Waals surface area contributed by atoms with Gasteiger partial charge in [-0.25, -0.2) is 0 Å². The summed E-state index contributed by atoms with van der Waals surface area (Å²) in [6, 6.07) is 7.57. The molecule has 1 N–H and O–H groups in total. The van der Waals surface area contributed by atoms with Crippen LogP contribution >= 0.6 is 0 Å². The van der Waals surface area contributed by atoms with E-state index in [1.54, 1.807) is 0 Å². The van der Waals surface area contributed by atoms with Crippen molar-refractivity contribution in [2.45, 2.75) is 18.8 Å². The summed E-state index contributed by atoms with van der Waals surface area (Å²) in [5.41, 5.74) is 1.68. The summed E-state index contributed by atoms with van der Waals surface area (Å²) in [7, 11) is 0. The van der Waals surface area contributed by atoms with Crippen molar-refractivity contribution in [2.75, 3.05) is 13.2 Å².